The minimum atomic E-state index is 0.462. The third-order valence-corrected chi connectivity index (χ3v) is 2.64. The maximum Gasteiger partial charge on any atom is 0.138 e. The van der Waals surface area contributed by atoms with Crippen LogP contribution in [-0.2, 0) is 0 Å². The van der Waals surface area contributed by atoms with Crippen LogP contribution >= 0.6 is 0 Å². The summed E-state index contributed by atoms with van der Waals surface area (Å²) in [5.74, 6) is 0.698. The van der Waals surface area contributed by atoms with Gasteiger partial charge in [-0.1, -0.05) is 0 Å². The second-order valence-electron chi connectivity index (χ2n) is 3.77. The molecular weight excluding hydrogens is 226 g/mol. The van der Waals surface area contributed by atoms with Gasteiger partial charge in [-0.15, -0.1) is 0 Å². The molecule has 5 heteroatoms. The van der Waals surface area contributed by atoms with E-state index in [1.165, 1.54) is 6.20 Å². The van der Waals surface area contributed by atoms with Crippen molar-refractivity contribution in [3.05, 3.63) is 54.9 Å². The molecule has 18 heavy (non-hydrogen) atoms. The third-order valence-electron chi connectivity index (χ3n) is 2.64. The fourth-order valence-electron chi connectivity index (χ4n) is 1.73. The first-order chi connectivity index (χ1) is 8.86. The van der Waals surface area contributed by atoms with Crippen molar-refractivity contribution in [1.82, 2.24) is 19.5 Å². The number of nitrogens with zero attached hydrogens (tertiary/aromatic N) is 4. The van der Waals surface area contributed by atoms with E-state index < -0.39 is 0 Å². The molecule has 3 aromatic rings. The molecule has 0 saturated heterocycles. The van der Waals surface area contributed by atoms with Crippen molar-refractivity contribution in [3.63, 3.8) is 0 Å². The standard InChI is InChI=1S/C13H9N5/c14-7-11-8-16-13(17-11)10-1-3-12(4-2-10)18-6-5-15-9-18/h1-6,8-9H,(H,16,17). The Kier molecular flexibility index (Phi) is 2.39. The molecule has 0 atom stereocenters. The van der Waals surface area contributed by atoms with Crippen molar-refractivity contribution >= 4 is 0 Å². The highest BCUT2D eigenvalue weighted by molar-refractivity contribution is 5.58. The molecule has 0 aliphatic rings. The van der Waals surface area contributed by atoms with Gasteiger partial charge in [-0.05, 0) is 24.3 Å². The molecular formula is C13H9N5. The first-order valence-corrected chi connectivity index (χ1v) is 5.41. The summed E-state index contributed by atoms with van der Waals surface area (Å²) in [6.07, 6.45) is 6.89. The number of aromatic nitrogens is 4. The Balaban J connectivity index is 1.94. The molecule has 0 spiro atoms. The molecule has 1 N–H and O–H groups in total. The van der Waals surface area contributed by atoms with Crippen molar-refractivity contribution in [1.29, 1.82) is 5.26 Å². The highest BCUT2D eigenvalue weighted by atomic mass is 15.0. The van der Waals surface area contributed by atoms with E-state index in [0.29, 0.717) is 11.5 Å². The van der Waals surface area contributed by atoms with Crippen LogP contribution in [0.25, 0.3) is 17.1 Å². The average Bonchev–Trinajstić information content (AvgIpc) is 3.10. The van der Waals surface area contributed by atoms with Crippen LogP contribution in [0.4, 0.5) is 0 Å². The SMILES string of the molecule is N#Cc1cnc(-c2ccc(-n3ccnc3)cc2)[nH]1. The minimum Gasteiger partial charge on any atom is -0.330 e. The Hall–Kier alpha value is -2.87. The Bertz CT molecular complexity index is 686. The van der Waals surface area contributed by atoms with Gasteiger partial charge in [0.25, 0.3) is 0 Å². The number of nitrogens with one attached hydrogen (secondary N) is 1. The summed E-state index contributed by atoms with van der Waals surface area (Å²) in [4.78, 5) is 11.1. The lowest BCUT2D eigenvalue weighted by molar-refractivity contribution is 1.06. The first kappa shape index (κ1) is 10.3. The molecule has 0 saturated carbocycles. The summed E-state index contributed by atoms with van der Waals surface area (Å²) >= 11 is 0. The van der Waals surface area contributed by atoms with E-state index in [1.54, 1.807) is 12.5 Å². The smallest absolute Gasteiger partial charge is 0.138 e. The van der Waals surface area contributed by atoms with Gasteiger partial charge in [0.1, 0.15) is 17.6 Å². The zero-order chi connectivity index (χ0) is 12.4. The zero-order valence-electron chi connectivity index (χ0n) is 9.41. The second-order valence-corrected chi connectivity index (χ2v) is 3.77. The van der Waals surface area contributed by atoms with Gasteiger partial charge in [0.15, 0.2) is 0 Å². The Labute approximate surface area is 103 Å². The second kappa shape index (κ2) is 4.18. The van der Waals surface area contributed by atoms with Gasteiger partial charge >= 0.3 is 0 Å². The summed E-state index contributed by atoms with van der Waals surface area (Å²) in [7, 11) is 0. The number of benzene rings is 1. The van der Waals surface area contributed by atoms with Gasteiger partial charge in [-0.25, -0.2) is 9.97 Å². The van der Waals surface area contributed by atoms with Crippen molar-refractivity contribution in [3.8, 4) is 23.1 Å². The third kappa shape index (κ3) is 1.76. The highest BCUT2D eigenvalue weighted by Crippen LogP contribution is 2.17. The predicted octanol–water partition coefficient (Wildman–Crippen LogP) is 2.13. The van der Waals surface area contributed by atoms with Crippen LogP contribution in [0.3, 0.4) is 0 Å². The molecule has 0 bridgehead atoms. The van der Waals surface area contributed by atoms with Crippen molar-refractivity contribution < 1.29 is 0 Å². The van der Waals surface area contributed by atoms with Gasteiger partial charge in [0.2, 0.25) is 0 Å². The molecule has 0 radical (unpaired) electrons. The number of H-pyrrole nitrogens is 1. The number of hydrogen-bond acceptors (Lipinski definition) is 3. The van der Waals surface area contributed by atoms with E-state index in [-0.39, 0.29) is 0 Å². The van der Waals surface area contributed by atoms with E-state index in [1.807, 2.05) is 41.1 Å². The van der Waals surface area contributed by atoms with Gasteiger partial charge in [-0.2, -0.15) is 5.26 Å². The molecule has 5 nitrogen and oxygen atoms in total. The van der Waals surface area contributed by atoms with E-state index in [9.17, 15) is 0 Å². The summed E-state index contributed by atoms with van der Waals surface area (Å²) in [5, 5.41) is 8.74. The van der Waals surface area contributed by atoms with E-state index in [2.05, 4.69) is 15.0 Å². The molecule has 1 aromatic carbocycles. The number of rotatable bonds is 2. The summed E-state index contributed by atoms with van der Waals surface area (Å²) in [6, 6.07) is 9.88. The molecule has 0 aliphatic heterocycles. The molecule has 0 aliphatic carbocycles. The Morgan fingerprint density at radius 2 is 2.06 bits per heavy atom. The Morgan fingerprint density at radius 3 is 2.67 bits per heavy atom. The topological polar surface area (TPSA) is 70.3 Å². The number of hydrogen-bond donors (Lipinski definition) is 1. The quantitative estimate of drug-likeness (QED) is 0.739. The highest BCUT2D eigenvalue weighted by Gasteiger charge is 2.03. The van der Waals surface area contributed by atoms with Crippen LogP contribution in [0.15, 0.2) is 49.2 Å². The van der Waals surface area contributed by atoms with Crippen molar-refractivity contribution in [2.75, 3.05) is 0 Å². The molecule has 2 aromatic heterocycles. The maximum atomic E-state index is 8.74. The van der Waals surface area contributed by atoms with Gasteiger partial charge < -0.3 is 9.55 Å². The van der Waals surface area contributed by atoms with Crippen molar-refractivity contribution in [2.24, 2.45) is 0 Å². The van der Waals surface area contributed by atoms with Crippen LogP contribution in [0.5, 0.6) is 0 Å². The lowest BCUT2D eigenvalue weighted by Gasteiger charge is -2.02. The monoisotopic (exact) mass is 235 g/mol. The lowest BCUT2D eigenvalue weighted by Crippen LogP contribution is -1.89. The molecule has 0 unspecified atom stereocenters. The van der Waals surface area contributed by atoms with E-state index in [4.69, 9.17) is 5.26 Å². The number of imidazole rings is 2. The van der Waals surface area contributed by atoms with Crippen LogP contribution in [0.2, 0.25) is 0 Å². The van der Waals surface area contributed by atoms with E-state index in [0.717, 1.165) is 11.3 Å². The van der Waals surface area contributed by atoms with Crippen LogP contribution in [0.1, 0.15) is 5.69 Å². The first-order valence-electron chi connectivity index (χ1n) is 5.41. The van der Waals surface area contributed by atoms with Crippen LogP contribution in [0, 0.1) is 11.3 Å². The number of aromatic amines is 1. The zero-order valence-corrected chi connectivity index (χ0v) is 9.41. The lowest BCUT2D eigenvalue weighted by atomic mass is 10.2. The van der Waals surface area contributed by atoms with Crippen LogP contribution < -0.4 is 0 Å². The number of nitriles is 1. The summed E-state index contributed by atoms with van der Waals surface area (Å²) < 4.78 is 1.92. The van der Waals surface area contributed by atoms with E-state index >= 15 is 0 Å². The van der Waals surface area contributed by atoms with Gasteiger partial charge in [0.05, 0.1) is 12.5 Å². The average molecular weight is 235 g/mol. The normalized spacial score (nSPS) is 10.2. The molecule has 0 fully saturated rings. The predicted molar refractivity (Wildman–Crippen MR) is 65.9 cm³/mol. The fourth-order valence-corrected chi connectivity index (χ4v) is 1.73. The molecule has 86 valence electrons. The Morgan fingerprint density at radius 1 is 1.22 bits per heavy atom. The maximum absolute atomic E-state index is 8.74. The minimum absolute atomic E-state index is 0.462. The van der Waals surface area contributed by atoms with Crippen molar-refractivity contribution in [2.45, 2.75) is 0 Å². The summed E-state index contributed by atoms with van der Waals surface area (Å²) in [6.45, 7) is 0. The largest absolute Gasteiger partial charge is 0.330 e. The molecule has 3 rings (SSSR count). The molecule has 0 amide bonds. The van der Waals surface area contributed by atoms with Gasteiger partial charge in [-0.3, -0.25) is 0 Å². The van der Waals surface area contributed by atoms with Gasteiger partial charge in [0, 0.05) is 23.6 Å². The fraction of sp³-hybridized carbons (Fsp3) is 0. The molecule has 2 heterocycles. The summed E-state index contributed by atoms with van der Waals surface area (Å²) in [5.41, 5.74) is 2.44. The van der Waals surface area contributed by atoms with Crippen LogP contribution in [-0.4, -0.2) is 19.5 Å².